The Kier molecular flexibility index (Phi) is 4.04. The molecule has 0 atom stereocenters. The van der Waals surface area contributed by atoms with Gasteiger partial charge >= 0.3 is 12.3 Å². The first-order valence-corrected chi connectivity index (χ1v) is 5.34. The Morgan fingerprint density at radius 2 is 2.06 bits per heavy atom. The lowest BCUT2D eigenvalue weighted by Crippen LogP contribution is -2.33. The number of rotatable bonds is 5. The van der Waals surface area contributed by atoms with Crippen molar-refractivity contribution in [2.45, 2.75) is 38.8 Å². The maximum absolute atomic E-state index is 11.7. The molecule has 0 bridgehead atoms. The van der Waals surface area contributed by atoms with Crippen molar-refractivity contribution in [2.24, 2.45) is 5.41 Å². The first kappa shape index (κ1) is 13.1. The normalized spacial score (nSPS) is 18.0. The molecule has 1 aliphatic carbocycles. The van der Waals surface area contributed by atoms with E-state index in [1.807, 2.05) is 6.92 Å². The third-order valence-electron chi connectivity index (χ3n) is 2.71. The Balaban J connectivity index is 2.16. The van der Waals surface area contributed by atoms with E-state index in [1.54, 1.807) is 0 Å². The van der Waals surface area contributed by atoms with Gasteiger partial charge in [0, 0.05) is 6.54 Å². The molecule has 0 spiro atoms. The standard InChI is InChI=1S/C10H16F3NO2/c1-2-3-9(4-5-9)6-14-8(15)16-7-10(11,12)13/h2-7H2,1H3,(H,14,15). The average molecular weight is 239 g/mol. The van der Waals surface area contributed by atoms with Crippen LogP contribution in [0.1, 0.15) is 32.6 Å². The molecule has 1 amide bonds. The van der Waals surface area contributed by atoms with Crippen LogP contribution in [-0.2, 0) is 4.74 Å². The van der Waals surface area contributed by atoms with Crippen molar-refractivity contribution in [1.82, 2.24) is 5.32 Å². The van der Waals surface area contributed by atoms with Crippen LogP contribution < -0.4 is 5.32 Å². The highest BCUT2D eigenvalue weighted by Gasteiger charge is 2.41. The molecular weight excluding hydrogens is 223 g/mol. The largest absolute Gasteiger partial charge is 0.440 e. The highest BCUT2D eigenvalue weighted by atomic mass is 19.4. The van der Waals surface area contributed by atoms with Gasteiger partial charge < -0.3 is 10.1 Å². The fourth-order valence-corrected chi connectivity index (χ4v) is 1.68. The molecule has 1 N–H and O–H groups in total. The summed E-state index contributed by atoms with van der Waals surface area (Å²) in [7, 11) is 0. The number of alkyl halides is 3. The van der Waals surface area contributed by atoms with Crippen molar-refractivity contribution in [1.29, 1.82) is 0 Å². The molecule has 0 saturated heterocycles. The minimum atomic E-state index is -4.46. The molecule has 0 aliphatic heterocycles. The van der Waals surface area contributed by atoms with E-state index in [0.29, 0.717) is 6.54 Å². The fraction of sp³-hybridized carbons (Fsp3) is 0.900. The number of hydrogen-bond donors (Lipinski definition) is 1. The predicted molar refractivity (Wildman–Crippen MR) is 52.0 cm³/mol. The molecule has 6 heteroatoms. The summed E-state index contributed by atoms with van der Waals surface area (Å²) in [6.07, 6.45) is -1.38. The van der Waals surface area contributed by atoms with Crippen LogP contribution in [0, 0.1) is 5.41 Å². The van der Waals surface area contributed by atoms with Crippen LogP contribution in [0.15, 0.2) is 0 Å². The number of carbonyl (C=O) groups is 1. The Bertz CT molecular complexity index is 249. The van der Waals surface area contributed by atoms with Crippen LogP contribution >= 0.6 is 0 Å². The second kappa shape index (κ2) is 4.93. The van der Waals surface area contributed by atoms with Gasteiger partial charge in [0.05, 0.1) is 0 Å². The van der Waals surface area contributed by atoms with Gasteiger partial charge in [0.2, 0.25) is 0 Å². The lowest BCUT2D eigenvalue weighted by molar-refractivity contribution is -0.160. The summed E-state index contributed by atoms with van der Waals surface area (Å²) in [5.41, 5.74) is 0.117. The van der Waals surface area contributed by atoms with E-state index in [0.717, 1.165) is 25.7 Å². The predicted octanol–water partition coefficient (Wildman–Crippen LogP) is 2.86. The van der Waals surface area contributed by atoms with Crippen LogP contribution in [0.25, 0.3) is 0 Å². The smallest absolute Gasteiger partial charge is 0.422 e. The van der Waals surface area contributed by atoms with Crippen LogP contribution in [0.2, 0.25) is 0 Å². The van der Waals surface area contributed by atoms with Gasteiger partial charge in [0.1, 0.15) is 0 Å². The van der Waals surface area contributed by atoms with Crippen molar-refractivity contribution >= 4 is 6.09 Å². The van der Waals surface area contributed by atoms with Crippen LogP contribution in [0.3, 0.4) is 0 Å². The first-order chi connectivity index (χ1) is 7.37. The zero-order valence-electron chi connectivity index (χ0n) is 9.19. The van der Waals surface area contributed by atoms with Crippen LogP contribution in [0.5, 0.6) is 0 Å². The van der Waals surface area contributed by atoms with Crippen molar-refractivity contribution in [3.8, 4) is 0 Å². The maximum atomic E-state index is 11.7. The van der Waals surface area contributed by atoms with Gasteiger partial charge in [-0.15, -0.1) is 0 Å². The summed E-state index contributed by atoms with van der Waals surface area (Å²) >= 11 is 0. The molecule has 0 aromatic carbocycles. The summed E-state index contributed by atoms with van der Waals surface area (Å²) in [4.78, 5) is 10.9. The first-order valence-electron chi connectivity index (χ1n) is 5.34. The Morgan fingerprint density at radius 3 is 2.50 bits per heavy atom. The van der Waals surface area contributed by atoms with Crippen molar-refractivity contribution < 1.29 is 22.7 Å². The Morgan fingerprint density at radius 1 is 1.44 bits per heavy atom. The Hall–Kier alpha value is -0.940. The second-order valence-corrected chi connectivity index (χ2v) is 4.29. The molecule has 0 heterocycles. The van der Waals surface area contributed by atoms with Gasteiger partial charge in [0.15, 0.2) is 6.61 Å². The molecule has 3 nitrogen and oxygen atoms in total. The van der Waals surface area contributed by atoms with E-state index in [9.17, 15) is 18.0 Å². The molecule has 1 rings (SSSR count). The maximum Gasteiger partial charge on any atom is 0.422 e. The van der Waals surface area contributed by atoms with Crippen molar-refractivity contribution in [3.05, 3.63) is 0 Å². The molecular formula is C10H16F3NO2. The fourth-order valence-electron chi connectivity index (χ4n) is 1.68. The average Bonchev–Trinajstić information content (AvgIpc) is 2.92. The zero-order chi connectivity index (χ0) is 12.2. The molecule has 0 radical (unpaired) electrons. The molecule has 0 unspecified atom stereocenters. The van der Waals surface area contributed by atoms with Crippen molar-refractivity contribution in [3.63, 3.8) is 0 Å². The van der Waals surface area contributed by atoms with E-state index in [2.05, 4.69) is 10.1 Å². The molecule has 0 aromatic rings. The number of ether oxygens (including phenoxy) is 1. The third-order valence-corrected chi connectivity index (χ3v) is 2.71. The molecule has 0 aromatic heterocycles. The monoisotopic (exact) mass is 239 g/mol. The van der Waals surface area contributed by atoms with Gasteiger partial charge in [-0.3, -0.25) is 0 Å². The van der Waals surface area contributed by atoms with Gasteiger partial charge in [-0.25, -0.2) is 4.79 Å². The van der Waals surface area contributed by atoms with Crippen molar-refractivity contribution in [2.75, 3.05) is 13.2 Å². The summed E-state index contributed by atoms with van der Waals surface area (Å²) in [6.45, 7) is 0.930. The number of hydrogen-bond acceptors (Lipinski definition) is 2. The van der Waals surface area contributed by atoms with Crippen LogP contribution in [0.4, 0.5) is 18.0 Å². The van der Waals surface area contributed by atoms with E-state index in [1.165, 1.54) is 0 Å². The third kappa shape index (κ3) is 4.72. The number of carbonyl (C=O) groups excluding carboxylic acids is 1. The second-order valence-electron chi connectivity index (χ2n) is 4.29. The minimum Gasteiger partial charge on any atom is -0.440 e. The van der Waals surface area contributed by atoms with Gasteiger partial charge in [-0.05, 0) is 24.7 Å². The van der Waals surface area contributed by atoms with E-state index >= 15 is 0 Å². The molecule has 94 valence electrons. The highest BCUT2D eigenvalue weighted by molar-refractivity contribution is 5.67. The quantitative estimate of drug-likeness (QED) is 0.801. The molecule has 1 saturated carbocycles. The highest BCUT2D eigenvalue weighted by Crippen LogP contribution is 2.48. The summed E-state index contributed by atoms with van der Waals surface area (Å²) < 4.78 is 39.2. The minimum absolute atomic E-state index is 0.117. The zero-order valence-corrected chi connectivity index (χ0v) is 9.19. The SMILES string of the molecule is CCCC1(CNC(=O)OCC(F)(F)F)CC1. The van der Waals surface area contributed by atoms with Gasteiger partial charge in [-0.2, -0.15) is 13.2 Å². The summed E-state index contributed by atoms with van der Waals surface area (Å²) in [5.74, 6) is 0. The molecule has 1 fully saturated rings. The molecule has 16 heavy (non-hydrogen) atoms. The molecule has 1 aliphatic rings. The topological polar surface area (TPSA) is 38.3 Å². The number of halogens is 3. The lowest BCUT2D eigenvalue weighted by atomic mass is 10.0. The lowest BCUT2D eigenvalue weighted by Gasteiger charge is -2.15. The van der Waals surface area contributed by atoms with Gasteiger partial charge in [0.25, 0.3) is 0 Å². The van der Waals surface area contributed by atoms with Crippen LogP contribution in [-0.4, -0.2) is 25.4 Å². The van der Waals surface area contributed by atoms with Gasteiger partial charge in [-0.1, -0.05) is 13.3 Å². The number of alkyl carbamates (subject to hydrolysis) is 1. The van der Waals surface area contributed by atoms with E-state index < -0.39 is 18.9 Å². The van der Waals surface area contributed by atoms with E-state index in [-0.39, 0.29) is 5.41 Å². The summed E-state index contributed by atoms with van der Waals surface area (Å²) in [5, 5.41) is 2.38. The summed E-state index contributed by atoms with van der Waals surface area (Å²) in [6, 6.07) is 0. The number of amides is 1. The Labute approximate surface area is 92.3 Å². The number of nitrogens with one attached hydrogen (secondary N) is 1. The van der Waals surface area contributed by atoms with E-state index in [4.69, 9.17) is 0 Å².